The SMILES string of the molecule is CCC1N(C)CCN1Cc1cccc(C2C=CNC(=[NH+]CCc3cc(F)cc(I)c3)N2)c1. The van der Waals surface area contributed by atoms with Crippen LogP contribution in [0.2, 0.25) is 0 Å². The molecule has 3 N–H and O–H groups in total. The fourth-order valence-corrected chi connectivity index (χ4v) is 5.29. The van der Waals surface area contributed by atoms with E-state index in [0.29, 0.717) is 6.17 Å². The second kappa shape index (κ2) is 10.8. The third-order valence-corrected chi connectivity index (χ3v) is 6.81. The van der Waals surface area contributed by atoms with E-state index in [9.17, 15) is 4.39 Å². The van der Waals surface area contributed by atoms with Crippen molar-refractivity contribution in [1.82, 2.24) is 20.4 Å². The lowest BCUT2D eigenvalue weighted by molar-refractivity contribution is -0.461. The van der Waals surface area contributed by atoms with Gasteiger partial charge in [0.15, 0.2) is 0 Å². The predicted molar refractivity (Wildman–Crippen MR) is 135 cm³/mol. The van der Waals surface area contributed by atoms with Gasteiger partial charge in [-0.3, -0.25) is 25.4 Å². The third kappa shape index (κ3) is 5.88. The summed E-state index contributed by atoms with van der Waals surface area (Å²) in [6, 6.07) is 14.1. The Bertz CT molecular complexity index is 972. The van der Waals surface area contributed by atoms with Crippen molar-refractivity contribution < 1.29 is 9.38 Å². The third-order valence-electron chi connectivity index (χ3n) is 6.19. The molecule has 4 rings (SSSR count). The second-order valence-corrected chi connectivity index (χ2v) is 9.79. The van der Waals surface area contributed by atoms with Crippen molar-refractivity contribution in [2.45, 2.75) is 38.5 Å². The molecule has 170 valence electrons. The van der Waals surface area contributed by atoms with Crippen LogP contribution in [0.4, 0.5) is 4.39 Å². The van der Waals surface area contributed by atoms with Gasteiger partial charge >= 0.3 is 5.96 Å². The molecule has 0 aromatic heterocycles. The molecule has 2 aliphatic heterocycles. The van der Waals surface area contributed by atoms with Gasteiger partial charge in [-0.15, -0.1) is 0 Å². The van der Waals surface area contributed by atoms with Crippen LogP contribution in [-0.4, -0.2) is 48.6 Å². The van der Waals surface area contributed by atoms with E-state index < -0.39 is 0 Å². The van der Waals surface area contributed by atoms with Crippen LogP contribution in [0.3, 0.4) is 0 Å². The highest BCUT2D eigenvalue weighted by Crippen LogP contribution is 2.22. The van der Waals surface area contributed by atoms with Crippen LogP contribution in [0, 0.1) is 9.39 Å². The van der Waals surface area contributed by atoms with Crippen molar-refractivity contribution >= 4 is 28.6 Å². The zero-order chi connectivity index (χ0) is 22.5. The van der Waals surface area contributed by atoms with E-state index in [1.54, 1.807) is 12.1 Å². The second-order valence-electron chi connectivity index (χ2n) is 8.54. The molecule has 2 aromatic carbocycles. The van der Waals surface area contributed by atoms with Gasteiger partial charge in [-0.2, -0.15) is 0 Å². The van der Waals surface area contributed by atoms with Gasteiger partial charge in [-0.05, 0) is 77.0 Å². The minimum atomic E-state index is -0.179. The van der Waals surface area contributed by atoms with Gasteiger partial charge in [-0.1, -0.05) is 31.2 Å². The number of nitrogens with one attached hydrogen (secondary N) is 3. The maximum atomic E-state index is 13.6. The first-order valence-corrected chi connectivity index (χ1v) is 12.4. The van der Waals surface area contributed by atoms with Gasteiger partial charge in [0.2, 0.25) is 0 Å². The summed E-state index contributed by atoms with van der Waals surface area (Å²) < 4.78 is 14.5. The summed E-state index contributed by atoms with van der Waals surface area (Å²) in [4.78, 5) is 8.41. The normalized spacial score (nSPS) is 22.8. The molecule has 2 heterocycles. The molecule has 5 nitrogen and oxygen atoms in total. The summed E-state index contributed by atoms with van der Waals surface area (Å²) in [6.07, 6.45) is 6.55. The molecule has 7 heteroatoms. The fourth-order valence-electron chi connectivity index (χ4n) is 4.59. The number of nitrogens with zero attached hydrogens (tertiary/aromatic N) is 2. The smallest absolute Gasteiger partial charge is 0.290 e. The number of hydrogen-bond acceptors (Lipinski definition) is 2. The lowest BCUT2D eigenvalue weighted by atomic mass is 10.0. The molecule has 1 fully saturated rings. The zero-order valence-corrected chi connectivity index (χ0v) is 20.9. The van der Waals surface area contributed by atoms with E-state index in [0.717, 1.165) is 54.1 Å². The summed E-state index contributed by atoms with van der Waals surface area (Å²) >= 11 is 2.15. The highest BCUT2D eigenvalue weighted by Gasteiger charge is 2.27. The maximum Gasteiger partial charge on any atom is 0.348 e. The summed E-state index contributed by atoms with van der Waals surface area (Å²) in [5.41, 5.74) is 3.59. The van der Waals surface area contributed by atoms with Gasteiger partial charge in [0.05, 0.1) is 18.9 Å². The van der Waals surface area contributed by atoms with E-state index in [1.165, 1.54) is 11.1 Å². The molecule has 2 atom stereocenters. The molecule has 32 heavy (non-hydrogen) atoms. The molecule has 0 aliphatic carbocycles. The summed E-state index contributed by atoms with van der Waals surface area (Å²) in [7, 11) is 2.22. The Morgan fingerprint density at radius 2 is 2.03 bits per heavy atom. The van der Waals surface area contributed by atoms with Crippen molar-refractivity contribution in [3.05, 3.63) is 80.8 Å². The summed E-state index contributed by atoms with van der Waals surface area (Å²) in [5.74, 6) is 0.698. The molecule has 0 radical (unpaired) electrons. The Morgan fingerprint density at radius 1 is 1.16 bits per heavy atom. The minimum absolute atomic E-state index is 0.108. The Hall–Kier alpha value is -1.97. The maximum absolute atomic E-state index is 13.6. The van der Waals surface area contributed by atoms with E-state index >= 15 is 0 Å². The number of halogens is 2. The molecule has 0 bridgehead atoms. The van der Waals surface area contributed by atoms with Crippen molar-refractivity contribution in [1.29, 1.82) is 0 Å². The average Bonchev–Trinajstić information content (AvgIpc) is 3.12. The van der Waals surface area contributed by atoms with Crippen LogP contribution < -0.4 is 15.6 Å². The Labute approximate surface area is 203 Å². The Morgan fingerprint density at radius 3 is 2.84 bits per heavy atom. The monoisotopic (exact) mass is 548 g/mol. The van der Waals surface area contributed by atoms with Crippen LogP contribution in [0.5, 0.6) is 0 Å². The van der Waals surface area contributed by atoms with Crippen LogP contribution >= 0.6 is 22.6 Å². The number of benzene rings is 2. The molecule has 0 saturated carbocycles. The number of likely N-dealkylation sites (N-methyl/N-ethyl adjacent to an activating group) is 1. The van der Waals surface area contributed by atoms with Crippen molar-refractivity contribution in [3.63, 3.8) is 0 Å². The van der Waals surface area contributed by atoms with Gasteiger partial charge in [0.25, 0.3) is 0 Å². The lowest BCUT2D eigenvalue weighted by Gasteiger charge is -2.27. The summed E-state index contributed by atoms with van der Waals surface area (Å²) in [6.45, 7) is 6.22. The molecule has 0 amide bonds. The number of rotatable bonds is 7. The molecule has 2 aliphatic rings. The molecule has 2 unspecified atom stereocenters. The van der Waals surface area contributed by atoms with E-state index in [4.69, 9.17) is 0 Å². The first-order valence-electron chi connectivity index (χ1n) is 11.3. The van der Waals surface area contributed by atoms with Crippen molar-refractivity contribution in [3.8, 4) is 0 Å². The van der Waals surface area contributed by atoms with E-state index in [1.807, 2.05) is 12.3 Å². The van der Waals surface area contributed by atoms with Gasteiger partial charge in [0.1, 0.15) is 11.9 Å². The van der Waals surface area contributed by atoms with Gasteiger partial charge < -0.3 is 0 Å². The van der Waals surface area contributed by atoms with Crippen LogP contribution in [0.25, 0.3) is 0 Å². The van der Waals surface area contributed by atoms with E-state index in [2.05, 4.69) is 92.3 Å². The zero-order valence-electron chi connectivity index (χ0n) is 18.7. The fraction of sp³-hybridized carbons (Fsp3) is 0.400. The number of guanidine groups is 1. The number of hydrogen-bond donors (Lipinski definition) is 3. The molecule has 0 spiro atoms. The summed E-state index contributed by atoms with van der Waals surface area (Å²) in [5, 5.41) is 6.78. The van der Waals surface area contributed by atoms with Crippen LogP contribution in [-0.2, 0) is 13.0 Å². The molecular weight excluding hydrogens is 516 g/mol. The highest BCUT2D eigenvalue weighted by atomic mass is 127. The molecular formula is C25H32FIN5+. The van der Waals surface area contributed by atoms with Gasteiger partial charge in [0, 0.05) is 29.6 Å². The van der Waals surface area contributed by atoms with Crippen LogP contribution in [0.1, 0.15) is 36.1 Å². The average molecular weight is 548 g/mol. The topological polar surface area (TPSA) is 44.5 Å². The van der Waals surface area contributed by atoms with Crippen molar-refractivity contribution in [2.24, 2.45) is 0 Å². The van der Waals surface area contributed by atoms with Crippen molar-refractivity contribution in [2.75, 3.05) is 26.7 Å². The van der Waals surface area contributed by atoms with Crippen LogP contribution in [0.15, 0.2) is 54.7 Å². The molecule has 2 aromatic rings. The Balaban J connectivity index is 1.38. The minimum Gasteiger partial charge on any atom is -0.290 e. The highest BCUT2D eigenvalue weighted by molar-refractivity contribution is 14.1. The quantitative estimate of drug-likeness (QED) is 0.465. The van der Waals surface area contributed by atoms with E-state index in [-0.39, 0.29) is 11.9 Å². The first kappa shape index (κ1) is 23.2. The predicted octanol–water partition coefficient (Wildman–Crippen LogP) is 2.34. The molecule has 1 saturated heterocycles. The Kier molecular flexibility index (Phi) is 7.80. The largest absolute Gasteiger partial charge is 0.348 e. The van der Waals surface area contributed by atoms with Gasteiger partial charge in [-0.25, -0.2) is 4.39 Å². The first-order chi connectivity index (χ1) is 15.5. The lowest BCUT2D eigenvalue weighted by Crippen LogP contribution is -2.80. The standard InChI is InChI=1S/C25H31FIN5/c1-3-24-31(2)11-12-32(24)17-19-5-4-6-20(13-19)23-8-10-29-25(30-23)28-9-7-18-14-21(26)16-22(27)15-18/h4-6,8,10,13-16,23-24H,3,7,9,11-12,17H2,1-2H3,(H2,28,29,30)/p+1.